The quantitative estimate of drug-likeness (QED) is 0.231. The van der Waals surface area contributed by atoms with Gasteiger partial charge < -0.3 is 25.2 Å². The summed E-state index contributed by atoms with van der Waals surface area (Å²) >= 11 is 0. The largest absolute Gasteiger partial charge is 0.495 e. The summed E-state index contributed by atoms with van der Waals surface area (Å²) in [7, 11) is 1.69. The van der Waals surface area contributed by atoms with Crippen molar-refractivity contribution in [2.75, 3.05) is 48.4 Å². The number of carbonyl (C=O) groups excluding carboxylic acids is 2. The van der Waals surface area contributed by atoms with Gasteiger partial charge in [0.1, 0.15) is 5.75 Å². The highest BCUT2D eigenvalue weighted by Crippen LogP contribution is 2.32. The molecule has 43 heavy (non-hydrogen) atoms. The molecule has 1 saturated heterocycles. The molecular formula is C36H40N4O3. The van der Waals surface area contributed by atoms with Crippen LogP contribution in [0.1, 0.15) is 47.7 Å². The zero-order valence-corrected chi connectivity index (χ0v) is 25.1. The predicted molar refractivity (Wildman–Crippen MR) is 174 cm³/mol. The average molecular weight is 577 g/mol. The molecule has 0 spiro atoms. The van der Waals surface area contributed by atoms with Gasteiger partial charge >= 0.3 is 0 Å². The van der Waals surface area contributed by atoms with Crippen LogP contribution in [0.5, 0.6) is 5.75 Å². The Bertz CT molecular complexity index is 1480. The van der Waals surface area contributed by atoms with Crippen molar-refractivity contribution in [2.24, 2.45) is 0 Å². The molecule has 7 nitrogen and oxygen atoms in total. The van der Waals surface area contributed by atoms with Crippen molar-refractivity contribution in [1.29, 1.82) is 0 Å². The third kappa shape index (κ3) is 7.00. The lowest BCUT2D eigenvalue weighted by Crippen LogP contribution is -2.47. The molecule has 2 N–H and O–H groups in total. The topological polar surface area (TPSA) is 73.9 Å². The number of nitrogens with one attached hydrogen (secondary N) is 2. The van der Waals surface area contributed by atoms with Crippen molar-refractivity contribution in [3.63, 3.8) is 0 Å². The SMILES string of the molecule is CCC(C)NC(=O)c1cc(NC(=O)C(c2ccccc2)c2ccccc2)ccc1N1CCN(c2ccccc2OC)CC1. The number of amides is 2. The average Bonchev–Trinajstić information content (AvgIpc) is 3.06. The van der Waals surface area contributed by atoms with Crippen LogP contribution in [0.2, 0.25) is 0 Å². The second kappa shape index (κ2) is 13.9. The first-order valence-electron chi connectivity index (χ1n) is 15.0. The van der Waals surface area contributed by atoms with Gasteiger partial charge in [-0.1, -0.05) is 79.7 Å². The highest BCUT2D eigenvalue weighted by molar-refractivity contribution is 6.03. The molecule has 1 atom stereocenters. The number of carbonyl (C=O) groups is 2. The van der Waals surface area contributed by atoms with Crippen LogP contribution in [-0.2, 0) is 4.79 Å². The highest BCUT2D eigenvalue weighted by Gasteiger charge is 2.26. The van der Waals surface area contributed by atoms with Gasteiger partial charge in [-0.25, -0.2) is 0 Å². The van der Waals surface area contributed by atoms with Gasteiger partial charge in [-0.2, -0.15) is 0 Å². The maximum absolute atomic E-state index is 13.8. The fourth-order valence-corrected chi connectivity index (χ4v) is 5.55. The molecule has 1 unspecified atom stereocenters. The summed E-state index contributed by atoms with van der Waals surface area (Å²) in [6, 6.07) is 33.3. The second-order valence-electron chi connectivity index (χ2n) is 10.9. The first kappa shape index (κ1) is 29.7. The number of methoxy groups -OCH3 is 1. The van der Waals surface area contributed by atoms with Gasteiger partial charge in [0.25, 0.3) is 5.91 Å². The molecule has 0 saturated carbocycles. The standard InChI is InChI=1S/C36H40N4O3/c1-4-26(2)37-35(41)30-25-29(38-36(42)34(27-13-7-5-8-14-27)28-15-9-6-10-16-28)19-20-31(30)39-21-23-40(24-22-39)32-17-11-12-18-33(32)43-3/h5-20,25-26,34H,4,21-24H2,1-3H3,(H,37,41)(H,38,42). The van der Waals surface area contributed by atoms with Gasteiger partial charge in [-0.3, -0.25) is 9.59 Å². The Hall–Kier alpha value is -4.78. The number of piperazine rings is 1. The molecule has 0 aromatic heterocycles. The van der Waals surface area contributed by atoms with E-state index in [2.05, 4.69) is 26.5 Å². The number of benzene rings is 4. The van der Waals surface area contributed by atoms with Gasteiger partial charge in [0.2, 0.25) is 5.91 Å². The third-order valence-electron chi connectivity index (χ3n) is 8.07. The lowest BCUT2D eigenvalue weighted by atomic mass is 9.90. The number of ether oxygens (including phenoxy) is 1. The highest BCUT2D eigenvalue weighted by atomic mass is 16.5. The van der Waals surface area contributed by atoms with Crippen molar-refractivity contribution >= 4 is 28.9 Å². The Kier molecular flexibility index (Phi) is 9.62. The van der Waals surface area contributed by atoms with Crippen LogP contribution in [0.3, 0.4) is 0 Å². The van der Waals surface area contributed by atoms with Crippen molar-refractivity contribution < 1.29 is 14.3 Å². The Morgan fingerprint density at radius 1 is 0.767 bits per heavy atom. The molecule has 2 amide bonds. The van der Waals surface area contributed by atoms with Gasteiger partial charge in [0.05, 0.1) is 24.3 Å². The molecule has 0 aliphatic carbocycles. The van der Waals surface area contributed by atoms with E-state index in [4.69, 9.17) is 4.74 Å². The summed E-state index contributed by atoms with van der Waals surface area (Å²) in [6.45, 7) is 7.13. The van der Waals surface area contributed by atoms with Crippen LogP contribution in [-0.4, -0.2) is 51.1 Å². The first-order chi connectivity index (χ1) is 21.0. The minimum absolute atomic E-state index is 0.0292. The van der Waals surface area contributed by atoms with E-state index in [1.165, 1.54) is 0 Å². The molecule has 0 radical (unpaired) electrons. The Labute approximate surface area is 254 Å². The van der Waals surface area contributed by atoms with E-state index in [9.17, 15) is 9.59 Å². The number of para-hydroxylation sites is 2. The molecule has 222 valence electrons. The number of anilines is 3. The van der Waals surface area contributed by atoms with Crippen molar-refractivity contribution in [2.45, 2.75) is 32.2 Å². The molecule has 1 aliphatic heterocycles. The zero-order chi connectivity index (χ0) is 30.2. The fourth-order valence-electron chi connectivity index (χ4n) is 5.55. The Morgan fingerprint density at radius 3 is 1.91 bits per heavy atom. The van der Waals surface area contributed by atoms with E-state index in [-0.39, 0.29) is 17.9 Å². The number of hydrogen-bond acceptors (Lipinski definition) is 5. The summed E-state index contributed by atoms with van der Waals surface area (Å²) in [5.74, 6) is 0.0793. The lowest BCUT2D eigenvalue weighted by molar-refractivity contribution is -0.116. The van der Waals surface area contributed by atoms with E-state index in [1.807, 2.05) is 111 Å². The van der Waals surface area contributed by atoms with E-state index >= 15 is 0 Å². The minimum atomic E-state index is -0.484. The van der Waals surface area contributed by atoms with Crippen LogP contribution in [0.4, 0.5) is 17.1 Å². The zero-order valence-electron chi connectivity index (χ0n) is 25.1. The van der Waals surface area contributed by atoms with Crippen LogP contribution >= 0.6 is 0 Å². The monoisotopic (exact) mass is 576 g/mol. The molecule has 1 heterocycles. The van der Waals surface area contributed by atoms with Gasteiger partial charge in [0.15, 0.2) is 0 Å². The van der Waals surface area contributed by atoms with Gasteiger partial charge in [-0.05, 0) is 54.8 Å². The molecule has 5 rings (SSSR count). The van der Waals surface area contributed by atoms with Crippen molar-refractivity contribution in [3.8, 4) is 5.75 Å². The number of rotatable bonds is 10. The van der Waals surface area contributed by atoms with Crippen LogP contribution in [0.15, 0.2) is 103 Å². The molecule has 1 aliphatic rings. The lowest BCUT2D eigenvalue weighted by Gasteiger charge is -2.38. The predicted octanol–water partition coefficient (Wildman–Crippen LogP) is 6.32. The number of hydrogen-bond donors (Lipinski definition) is 2. The molecule has 4 aromatic carbocycles. The van der Waals surface area contributed by atoms with Crippen LogP contribution in [0.25, 0.3) is 0 Å². The van der Waals surface area contributed by atoms with Crippen LogP contribution in [0, 0.1) is 0 Å². The molecular weight excluding hydrogens is 536 g/mol. The molecule has 7 heteroatoms. The molecule has 4 aromatic rings. The summed E-state index contributed by atoms with van der Waals surface area (Å²) < 4.78 is 5.58. The first-order valence-corrected chi connectivity index (χ1v) is 15.0. The number of nitrogens with zero attached hydrogens (tertiary/aromatic N) is 2. The maximum atomic E-state index is 13.8. The van der Waals surface area contributed by atoms with Gasteiger partial charge in [-0.15, -0.1) is 0 Å². The maximum Gasteiger partial charge on any atom is 0.253 e. The second-order valence-corrected chi connectivity index (χ2v) is 10.9. The van der Waals surface area contributed by atoms with E-state index in [1.54, 1.807) is 7.11 Å². The normalized spacial score (nSPS) is 13.9. The summed E-state index contributed by atoms with van der Waals surface area (Å²) in [5.41, 5.74) is 4.90. The summed E-state index contributed by atoms with van der Waals surface area (Å²) in [4.78, 5) is 31.9. The minimum Gasteiger partial charge on any atom is -0.495 e. The van der Waals surface area contributed by atoms with Crippen LogP contribution < -0.4 is 25.2 Å². The van der Waals surface area contributed by atoms with Crippen molar-refractivity contribution in [3.05, 3.63) is 120 Å². The third-order valence-corrected chi connectivity index (χ3v) is 8.07. The Morgan fingerprint density at radius 2 is 1.33 bits per heavy atom. The summed E-state index contributed by atoms with van der Waals surface area (Å²) in [6.07, 6.45) is 0.824. The van der Waals surface area contributed by atoms with E-state index < -0.39 is 5.92 Å². The fraction of sp³-hybridized carbons (Fsp3) is 0.278. The smallest absolute Gasteiger partial charge is 0.253 e. The van der Waals surface area contributed by atoms with Crippen molar-refractivity contribution in [1.82, 2.24) is 5.32 Å². The Balaban J connectivity index is 1.40. The van der Waals surface area contributed by atoms with E-state index in [0.29, 0.717) is 11.3 Å². The molecule has 1 fully saturated rings. The van der Waals surface area contributed by atoms with Gasteiger partial charge in [0, 0.05) is 43.6 Å². The summed E-state index contributed by atoms with van der Waals surface area (Å²) in [5, 5.41) is 6.24. The van der Waals surface area contributed by atoms with E-state index in [0.717, 1.165) is 60.9 Å². The molecule has 0 bridgehead atoms.